The molecule has 1 heterocycles. The summed E-state index contributed by atoms with van der Waals surface area (Å²) < 4.78 is 14.1. The van der Waals surface area contributed by atoms with Crippen LogP contribution in [0.25, 0.3) is 0 Å². The van der Waals surface area contributed by atoms with E-state index in [4.69, 9.17) is 0 Å². The summed E-state index contributed by atoms with van der Waals surface area (Å²) in [6.45, 7) is 0.842. The van der Waals surface area contributed by atoms with Crippen LogP contribution in [0.15, 0.2) is 18.2 Å². The van der Waals surface area contributed by atoms with Crippen molar-refractivity contribution in [1.82, 2.24) is 4.48 Å². The Bertz CT molecular complexity index is 620. The summed E-state index contributed by atoms with van der Waals surface area (Å²) in [5.41, 5.74) is 2.26. The topological polar surface area (TPSA) is 17.1 Å². The van der Waals surface area contributed by atoms with Gasteiger partial charge in [-0.3, -0.25) is 0 Å². The maximum Gasteiger partial charge on any atom is 0.307 e. The van der Waals surface area contributed by atoms with Crippen LogP contribution in [0.1, 0.15) is 44.1 Å². The third kappa shape index (κ3) is 1.51. The Kier molecular flexibility index (Phi) is 2.52. The van der Waals surface area contributed by atoms with Gasteiger partial charge in [-0.15, -0.1) is 0 Å². The fraction of sp³-hybridized carbons (Fsp3) is 0.632. The molecule has 4 bridgehead atoms. The second kappa shape index (κ2) is 4.19. The number of rotatable bonds is 2. The molecular weight excluding hydrogens is 277 g/mol. The molecule has 4 fully saturated rings. The summed E-state index contributed by atoms with van der Waals surface area (Å²) in [7, 11) is 0. The fourth-order valence-electron chi connectivity index (χ4n) is 6.83. The van der Waals surface area contributed by atoms with Crippen LogP contribution >= 0.6 is 0 Å². The Morgan fingerprint density at radius 2 is 1.73 bits per heavy atom. The molecule has 1 aromatic carbocycles. The van der Waals surface area contributed by atoms with Crippen LogP contribution in [0.5, 0.6) is 0 Å². The molecule has 4 saturated carbocycles. The number of benzene rings is 1. The highest BCUT2D eigenvalue weighted by atomic mass is 19.1. The standard InChI is InChI=1S/C19H23FNO/c20-17-1-2-18-16(8-17)3-4-21(18,12-22)19-9-13-5-14(10-19)7-15(6-13)11-19/h1-2,8,12-15H,3-7,9-11H2/q+1. The average Bonchev–Trinajstić information content (AvgIpc) is 2.85. The van der Waals surface area contributed by atoms with Crippen LogP contribution in [-0.4, -0.2) is 18.5 Å². The Morgan fingerprint density at radius 1 is 1.09 bits per heavy atom. The zero-order valence-corrected chi connectivity index (χ0v) is 12.9. The lowest BCUT2D eigenvalue weighted by atomic mass is 9.52. The molecule has 4 aliphatic carbocycles. The number of hydrogen-bond donors (Lipinski definition) is 0. The molecule has 1 atom stereocenters. The van der Waals surface area contributed by atoms with Gasteiger partial charge in [0, 0.05) is 37.3 Å². The van der Waals surface area contributed by atoms with Gasteiger partial charge in [0.2, 0.25) is 0 Å². The highest BCUT2D eigenvalue weighted by Crippen LogP contribution is 2.61. The molecule has 0 radical (unpaired) electrons. The van der Waals surface area contributed by atoms with Gasteiger partial charge in [0.15, 0.2) is 0 Å². The Morgan fingerprint density at radius 3 is 2.32 bits per heavy atom. The SMILES string of the molecule is O=C[N+]1(C23CC4CC(CC(C4)C2)C3)CCc2cc(F)ccc21. The van der Waals surface area contributed by atoms with E-state index in [-0.39, 0.29) is 11.4 Å². The summed E-state index contributed by atoms with van der Waals surface area (Å²) >= 11 is 0. The molecule has 5 aliphatic rings. The number of nitrogens with zero attached hydrogens (tertiary/aromatic N) is 1. The molecule has 1 unspecified atom stereocenters. The zero-order chi connectivity index (χ0) is 14.9. The van der Waals surface area contributed by atoms with Gasteiger partial charge < -0.3 is 0 Å². The Balaban J connectivity index is 1.66. The molecule has 0 N–H and O–H groups in total. The first-order chi connectivity index (χ1) is 10.6. The molecule has 3 heteroatoms. The third-order valence-electron chi connectivity index (χ3n) is 7.24. The van der Waals surface area contributed by atoms with Gasteiger partial charge in [-0.2, -0.15) is 0 Å². The molecule has 22 heavy (non-hydrogen) atoms. The smallest absolute Gasteiger partial charge is 0.233 e. The molecule has 1 amide bonds. The number of fused-ring (bicyclic) bond motifs is 1. The quantitative estimate of drug-likeness (QED) is 0.599. The van der Waals surface area contributed by atoms with Crippen LogP contribution in [0.2, 0.25) is 0 Å². The zero-order valence-electron chi connectivity index (χ0n) is 12.9. The molecule has 0 saturated heterocycles. The van der Waals surface area contributed by atoms with E-state index in [1.807, 2.05) is 6.07 Å². The minimum Gasteiger partial charge on any atom is -0.233 e. The van der Waals surface area contributed by atoms with Crippen molar-refractivity contribution in [3.8, 4) is 0 Å². The van der Waals surface area contributed by atoms with Gasteiger partial charge in [0.05, 0.1) is 6.54 Å². The summed E-state index contributed by atoms with van der Waals surface area (Å²) in [6, 6.07) is 5.09. The average molecular weight is 300 g/mol. The predicted molar refractivity (Wildman–Crippen MR) is 83.7 cm³/mol. The number of halogens is 1. The van der Waals surface area contributed by atoms with Crippen LogP contribution in [0.3, 0.4) is 0 Å². The van der Waals surface area contributed by atoms with E-state index < -0.39 is 0 Å². The van der Waals surface area contributed by atoms with E-state index in [0.29, 0.717) is 4.48 Å². The number of hydrogen-bond acceptors (Lipinski definition) is 1. The molecule has 2 nitrogen and oxygen atoms in total. The van der Waals surface area contributed by atoms with E-state index in [1.54, 1.807) is 12.1 Å². The molecule has 0 aromatic heterocycles. The van der Waals surface area contributed by atoms with Crippen LogP contribution in [0.4, 0.5) is 10.1 Å². The first-order valence-corrected chi connectivity index (χ1v) is 8.77. The first kappa shape index (κ1) is 13.2. The highest BCUT2D eigenvalue weighted by Gasteiger charge is 2.63. The summed E-state index contributed by atoms with van der Waals surface area (Å²) in [4.78, 5) is 12.4. The fourth-order valence-corrected chi connectivity index (χ4v) is 6.83. The van der Waals surface area contributed by atoms with Crippen molar-refractivity contribution in [1.29, 1.82) is 0 Å². The van der Waals surface area contributed by atoms with Gasteiger partial charge in [-0.25, -0.2) is 13.7 Å². The van der Waals surface area contributed by atoms with E-state index in [9.17, 15) is 9.18 Å². The van der Waals surface area contributed by atoms with Crippen LogP contribution in [-0.2, 0) is 11.2 Å². The van der Waals surface area contributed by atoms with Crippen molar-refractivity contribution in [2.75, 3.05) is 6.54 Å². The van der Waals surface area contributed by atoms with E-state index >= 15 is 0 Å². The lowest BCUT2D eigenvalue weighted by Crippen LogP contribution is -2.70. The van der Waals surface area contributed by atoms with Gasteiger partial charge in [0.25, 0.3) is 0 Å². The number of amides is 1. The predicted octanol–water partition coefficient (Wildman–Crippen LogP) is 3.81. The van der Waals surface area contributed by atoms with Crippen LogP contribution < -0.4 is 4.48 Å². The molecule has 6 rings (SSSR count). The summed E-state index contributed by atoms with van der Waals surface area (Å²) in [6.07, 6.45) is 9.80. The molecular formula is C19H23FNO+. The summed E-state index contributed by atoms with van der Waals surface area (Å²) in [5, 5.41) is 0. The normalized spacial score (nSPS) is 45.0. The maximum absolute atomic E-state index is 13.6. The largest absolute Gasteiger partial charge is 0.307 e. The molecule has 1 aliphatic heterocycles. The number of carbonyl (C=O) groups is 1. The summed E-state index contributed by atoms with van der Waals surface area (Å²) in [5.74, 6) is 2.30. The van der Waals surface area contributed by atoms with Crippen LogP contribution in [0, 0.1) is 23.6 Å². The van der Waals surface area contributed by atoms with Gasteiger partial charge in [-0.1, -0.05) is 0 Å². The van der Waals surface area contributed by atoms with Gasteiger partial charge in [-0.05, 0) is 49.1 Å². The van der Waals surface area contributed by atoms with E-state index in [0.717, 1.165) is 42.0 Å². The third-order valence-corrected chi connectivity index (χ3v) is 7.24. The minimum absolute atomic E-state index is 0.111. The second-order valence-electron chi connectivity index (χ2n) is 8.36. The highest BCUT2D eigenvalue weighted by molar-refractivity contribution is 5.76. The first-order valence-electron chi connectivity index (χ1n) is 8.77. The van der Waals surface area contributed by atoms with E-state index in [1.165, 1.54) is 44.9 Å². The maximum atomic E-state index is 13.6. The van der Waals surface area contributed by atoms with Crippen molar-refractivity contribution in [3.63, 3.8) is 0 Å². The van der Waals surface area contributed by atoms with Crippen molar-refractivity contribution in [3.05, 3.63) is 29.6 Å². The lowest BCUT2D eigenvalue weighted by molar-refractivity contribution is -0.134. The van der Waals surface area contributed by atoms with E-state index in [2.05, 4.69) is 0 Å². The van der Waals surface area contributed by atoms with Gasteiger partial charge in [0.1, 0.15) is 17.0 Å². The molecule has 116 valence electrons. The number of quaternary nitrogens is 1. The monoisotopic (exact) mass is 300 g/mol. The second-order valence-corrected chi connectivity index (χ2v) is 8.36. The minimum atomic E-state index is -0.171. The van der Waals surface area contributed by atoms with Crippen molar-refractivity contribution in [2.24, 2.45) is 17.8 Å². The molecule has 0 spiro atoms. The molecule has 1 aromatic rings. The van der Waals surface area contributed by atoms with Crippen molar-refractivity contribution in [2.45, 2.75) is 50.5 Å². The Labute approximate surface area is 130 Å². The van der Waals surface area contributed by atoms with Gasteiger partial charge >= 0.3 is 6.41 Å². The number of carbonyl (C=O) groups excluding carboxylic acids is 1. The Hall–Kier alpha value is -1.22. The lowest BCUT2D eigenvalue weighted by Gasteiger charge is -2.60. The van der Waals surface area contributed by atoms with Crippen molar-refractivity contribution < 1.29 is 9.18 Å². The van der Waals surface area contributed by atoms with Crippen molar-refractivity contribution >= 4 is 12.1 Å².